The Morgan fingerprint density at radius 1 is 1.18 bits per heavy atom. The fourth-order valence-electron chi connectivity index (χ4n) is 2.05. The van der Waals surface area contributed by atoms with Gasteiger partial charge in [0.15, 0.2) is 0 Å². The molecule has 0 aliphatic heterocycles. The van der Waals surface area contributed by atoms with Crippen LogP contribution in [0.1, 0.15) is 31.2 Å². The highest BCUT2D eigenvalue weighted by molar-refractivity contribution is 7.89. The fraction of sp³-hybridized carbons (Fsp3) is 0.500. The molecule has 2 rings (SSSR count). The van der Waals surface area contributed by atoms with Gasteiger partial charge in [-0.05, 0) is 31.9 Å². The van der Waals surface area contributed by atoms with Gasteiger partial charge >= 0.3 is 0 Å². The molecule has 1 aliphatic carbocycles. The summed E-state index contributed by atoms with van der Waals surface area (Å²) < 4.78 is 26.8. The third kappa shape index (κ3) is 3.00. The van der Waals surface area contributed by atoms with Crippen LogP contribution < -0.4 is 4.72 Å². The molecule has 5 heteroatoms. The van der Waals surface area contributed by atoms with Crippen LogP contribution in [0, 0.1) is 6.92 Å². The van der Waals surface area contributed by atoms with Gasteiger partial charge in [-0.2, -0.15) is 4.72 Å². The van der Waals surface area contributed by atoms with E-state index in [1.807, 2.05) is 6.92 Å². The van der Waals surface area contributed by atoms with Crippen LogP contribution in [0.15, 0.2) is 29.2 Å². The second-order valence-electron chi connectivity index (χ2n) is 4.59. The van der Waals surface area contributed by atoms with Crippen molar-refractivity contribution in [3.63, 3.8) is 0 Å². The number of hydrogen-bond acceptors (Lipinski definition) is 2. The smallest absolute Gasteiger partial charge is 0.207 e. The number of hydrogen-bond donors (Lipinski definition) is 1. The predicted molar refractivity (Wildman–Crippen MR) is 68.6 cm³/mol. The monoisotopic (exact) mass is 273 g/mol. The van der Waals surface area contributed by atoms with E-state index in [0.717, 1.165) is 18.4 Å². The minimum atomic E-state index is -3.50. The van der Waals surface area contributed by atoms with Crippen molar-refractivity contribution in [2.75, 3.05) is 0 Å². The Kier molecular flexibility index (Phi) is 3.48. The molecule has 1 saturated carbocycles. The highest BCUT2D eigenvalue weighted by Gasteiger charge is 2.35. The van der Waals surface area contributed by atoms with Crippen LogP contribution >= 0.6 is 11.6 Å². The average molecular weight is 274 g/mol. The highest BCUT2D eigenvalue weighted by atomic mass is 35.5. The molecule has 1 N–H and O–H groups in total. The van der Waals surface area contributed by atoms with Crippen molar-refractivity contribution in [2.24, 2.45) is 0 Å². The van der Waals surface area contributed by atoms with Crippen molar-refractivity contribution >= 4 is 21.6 Å². The molecule has 0 amide bonds. The van der Waals surface area contributed by atoms with Crippen LogP contribution in [0.25, 0.3) is 0 Å². The van der Waals surface area contributed by atoms with Gasteiger partial charge in [0, 0.05) is 0 Å². The van der Waals surface area contributed by atoms with Crippen molar-refractivity contribution in [1.29, 1.82) is 0 Å². The van der Waals surface area contributed by atoms with Gasteiger partial charge in [-0.3, -0.25) is 0 Å². The second kappa shape index (κ2) is 4.59. The molecule has 1 fully saturated rings. The van der Waals surface area contributed by atoms with Crippen molar-refractivity contribution in [3.05, 3.63) is 29.8 Å². The third-order valence-electron chi connectivity index (χ3n) is 3.04. The van der Waals surface area contributed by atoms with Crippen molar-refractivity contribution in [1.82, 2.24) is 4.72 Å². The number of benzene rings is 1. The molecule has 0 saturated heterocycles. The summed E-state index contributed by atoms with van der Waals surface area (Å²) in [6.45, 7) is 1.92. The molecule has 0 aromatic heterocycles. The molecule has 0 bridgehead atoms. The van der Waals surface area contributed by atoms with Gasteiger partial charge in [0.2, 0.25) is 10.0 Å². The molecule has 1 aromatic rings. The van der Waals surface area contributed by atoms with Crippen LogP contribution in [0.5, 0.6) is 0 Å². The van der Waals surface area contributed by atoms with E-state index in [-0.39, 0.29) is 4.90 Å². The summed E-state index contributed by atoms with van der Waals surface area (Å²) in [5, 5.41) is 0. The Morgan fingerprint density at radius 3 is 2.24 bits per heavy atom. The van der Waals surface area contributed by atoms with Crippen LogP contribution in [0.3, 0.4) is 0 Å². The Hall–Kier alpha value is -0.580. The van der Waals surface area contributed by atoms with E-state index in [1.54, 1.807) is 24.3 Å². The lowest BCUT2D eigenvalue weighted by Gasteiger charge is -2.22. The topological polar surface area (TPSA) is 46.2 Å². The van der Waals surface area contributed by atoms with Gasteiger partial charge in [-0.25, -0.2) is 8.42 Å². The van der Waals surface area contributed by atoms with E-state index in [0.29, 0.717) is 12.8 Å². The fourth-order valence-corrected chi connectivity index (χ4v) is 3.92. The summed E-state index contributed by atoms with van der Waals surface area (Å²) in [7, 11) is -3.50. The minimum absolute atomic E-state index is 0.273. The first-order chi connectivity index (χ1) is 7.91. The molecule has 94 valence electrons. The summed E-state index contributed by atoms with van der Waals surface area (Å²) in [5.74, 6) is 0. The van der Waals surface area contributed by atoms with E-state index in [1.165, 1.54) is 0 Å². The zero-order chi connectivity index (χ0) is 12.5. The maximum Gasteiger partial charge on any atom is 0.242 e. The lowest BCUT2D eigenvalue weighted by atomic mass is 10.2. The minimum Gasteiger partial charge on any atom is -0.207 e. The Morgan fingerprint density at radius 2 is 1.71 bits per heavy atom. The maximum absolute atomic E-state index is 12.1. The van der Waals surface area contributed by atoms with E-state index in [9.17, 15) is 8.42 Å². The highest BCUT2D eigenvalue weighted by Crippen LogP contribution is 2.34. The molecule has 0 heterocycles. The lowest BCUT2D eigenvalue weighted by molar-refractivity contribution is 0.521. The largest absolute Gasteiger partial charge is 0.242 e. The summed E-state index contributed by atoms with van der Waals surface area (Å²) in [6, 6.07) is 6.77. The van der Waals surface area contributed by atoms with Gasteiger partial charge < -0.3 is 0 Å². The molecular formula is C12H16ClNO2S. The molecule has 1 aliphatic rings. The Balaban J connectivity index is 2.22. The maximum atomic E-state index is 12.1. The van der Waals surface area contributed by atoms with Gasteiger partial charge in [0.1, 0.15) is 5.00 Å². The molecule has 0 spiro atoms. The predicted octanol–water partition coefficient (Wildman–Crippen LogP) is 2.78. The van der Waals surface area contributed by atoms with Gasteiger partial charge in [-0.15, -0.1) is 11.6 Å². The van der Waals surface area contributed by atoms with Gasteiger partial charge in [-0.1, -0.05) is 30.5 Å². The standard InChI is InChI=1S/C12H16ClNO2S/c1-10-4-6-11(7-5-10)17(15,16)14-12(13)8-2-3-9-12/h4-7,14H,2-3,8-9H2,1H3. The first kappa shape index (κ1) is 12.9. The quantitative estimate of drug-likeness (QED) is 0.680. The van der Waals surface area contributed by atoms with Crippen LogP contribution in [0.4, 0.5) is 0 Å². The molecule has 0 radical (unpaired) electrons. The van der Waals surface area contributed by atoms with E-state index in [2.05, 4.69) is 4.72 Å². The zero-order valence-electron chi connectivity index (χ0n) is 9.74. The molecule has 3 nitrogen and oxygen atoms in total. The molecule has 0 atom stereocenters. The SMILES string of the molecule is Cc1ccc(S(=O)(=O)NC2(Cl)CCCC2)cc1. The van der Waals surface area contributed by atoms with E-state index < -0.39 is 15.0 Å². The lowest BCUT2D eigenvalue weighted by Crippen LogP contribution is -2.41. The normalized spacial score (nSPS) is 19.4. The van der Waals surface area contributed by atoms with Crippen molar-refractivity contribution in [3.8, 4) is 0 Å². The number of halogens is 1. The zero-order valence-corrected chi connectivity index (χ0v) is 11.3. The first-order valence-corrected chi connectivity index (χ1v) is 7.57. The summed E-state index contributed by atoms with van der Waals surface area (Å²) in [5.41, 5.74) is 1.03. The van der Waals surface area contributed by atoms with Crippen LogP contribution in [0.2, 0.25) is 0 Å². The summed E-state index contributed by atoms with van der Waals surface area (Å²) >= 11 is 6.25. The first-order valence-electron chi connectivity index (χ1n) is 5.71. The Labute approximate surface area is 107 Å². The number of aryl methyl sites for hydroxylation is 1. The molecule has 0 unspecified atom stereocenters. The summed E-state index contributed by atoms with van der Waals surface area (Å²) in [6.07, 6.45) is 3.33. The third-order valence-corrected chi connectivity index (χ3v) is 5.18. The number of alkyl halides is 1. The van der Waals surface area contributed by atoms with Gasteiger partial charge in [0.05, 0.1) is 4.90 Å². The van der Waals surface area contributed by atoms with E-state index >= 15 is 0 Å². The number of rotatable bonds is 3. The Bertz CT molecular complexity index is 490. The molecule has 1 aromatic carbocycles. The van der Waals surface area contributed by atoms with E-state index in [4.69, 9.17) is 11.6 Å². The van der Waals surface area contributed by atoms with Gasteiger partial charge in [0.25, 0.3) is 0 Å². The second-order valence-corrected chi connectivity index (χ2v) is 7.00. The van der Waals surface area contributed by atoms with Crippen LogP contribution in [-0.2, 0) is 10.0 Å². The molecular weight excluding hydrogens is 258 g/mol. The average Bonchev–Trinajstić information content (AvgIpc) is 2.64. The summed E-state index contributed by atoms with van der Waals surface area (Å²) in [4.78, 5) is -0.515. The number of sulfonamides is 1. The van der Waals surface area contributed by atoms with Crippen molar-refractivity contribution in [2.45, 2.75) is 42.5 Å². The van der Waals surface area contributed by atoms with Crippen LogP contribution in [-0.4, -0.2) is 13.4 Å². The molecule has 17 heavy (non-hydrogen) atoms. The van der Waals surface area contributed by atoms with Crippen molar-refractivity contribution < 1.29 is 8.42 Å². The number of nitrogens with one attached hydrogen (secondary N) is 1.